The van der Waals surface area contributed by atoms with Crippen LogP contribution in [0.1, 0.15) is 5.01 Å². The molecule has 0 saturated carbocycles. The summed E-state index contributed by atoms with van der Waals surface area (Å²) in [7, 11) is 1.83. The van der Waals surface area contributed by atoms with Gasteiger partial charge in [0.15, 0.2) is 0 Å². The van der Waals surface area contributed by atoms with Crippen LogP contribution >= 0.6 is 23.1 Å². The molecule has 0 aliphatic heterocycles. The van der Waals surface area contributed by atoms with Gasteiger partial charge in [-0.3, -0.25) is 4.98 Å². The molecule has 0 aromatic carbocycles. The van der Waals surface area contributed by atoms with Crippen molar-refractivity contribution in [3.05, 3.63) is 23.6 Å². The third-order valence-corrected chi connectivity index (χ3v) is 3.61. The van der Waals surface area contributed by atoms with Gasteiger partial charge in [0, 0.05) is 19.4 Å². The summed E-state index contributed by atoms with van der Waals surface area (Å²) in [5.74, 6) is 0.776. The molecule has 2 rings (SSSR count). The first-order valence-corrected chi connectivity index (χ1v) is 6.07. The zero-order valence-corrected chi connectivity index (χ0v) is 9.68. The van der Waals surface area contributed by atoms with Crippen molar-refractivity contribution < 1.29 is 0 Å². The Bertz CT molecular complexity index is 416. The second kappa shape index (κ2) is 5.04. The van der Waals surface area contributed by atoms with Crippen LogP contribution < -0.4 is 5.32 Å². The quantitative estimate of drug-likeness (QED) is 0.819. The van der Waals surface area contributed by atoms with E-state index in [9.17, 15) is 0 Å². The summed E-state index contributed by atoms with van der Waals surface area (Å²) < 4.78 is 0. The minimum Gasteiger partial charge on any atom is -0.363 e. The molecule has 15 heavy (non-hydrogen) atoms. The third-order valence-electron chi connectivity index (χ3n) is 1.56. The van der Waals surface area contributed by atoms with E-state index in [2.05, 4.69) is 25.5 Å². The normalized spacial score (nSPS) is 10.2. The van der Waals surface area contributed by atoms with E-state index in [1.165, 1.54) is 0 Å². The van der Waals surface area contributed by atoms with Crippen LogP contribution in [0.3, 0.4) is 0 Å². The van der Waals surface area contributed by atoms with Crippen LogP contribution in [-0.4, -0.2) is 27.2 Å². The molecule has 1 N–H and O–H groups in total. The molecule has 0 saturated heterocycles. The SMILES string of the molecule is CNc1nnc(CSc2cnccn2)s1. The van der Waals surface area contributed by atoms with Crippen molar-refractivity contribution in [1.82, 2.24) is 20.2 Å². The molecule has 7 heteroatoms. The standard InChI is InChI=1S/C8H9N5S2/c1-9-8-13-12-7(15-8)5-14-6-4-10-2-3-11-6/h2-4H,5H2,1H3,(H,9,13). The van der Waals surface area contributed by atoms with Crippen LogP contribution in [0.5, 0.6) is 0 Å². The highest BCUT2D eigenvalue weighted by Gasteiger charge is 2.03. The Labute approximate surface area is 95.4 Å². The van der Waals surface area contributed by atoms with Gasteiger partial charge in [-0.1, -0.05) is 23.1 Å². The molecule has 0 aliphatic rings. The van der Waals surface area contributed by atoms with E-state index in [0.717, 1.165) is 20.9 Å². The zero-order valence-electron chi connectivity index (χ0n) is 8.04. The summed E-state index contributed by atoms with van der Waals surface area (Å²) in [6.07, 6.45) is 5.08. The van der Waals surface area contributed by atoms with Crippen molar-refractivity contribution in [3.63, 3.8) is 0 Å². The number of hydrogen-bond acceptors (Lipinski definition) is 7. The predicted octanol–water partition coefficient (Wildman–Crippen LogP) is 1.66. The molecular weight excluding hydrogens is 230 g/mol. The van der Waals surface area contributed by atoms with E-state index in [-0.39, 0.29) is 0 Å². The van der Waals surface area contributed by atoms with E-state index in [4.69, 9.17) is 0 Å². The summed E-state index contributed by atoms with van der Waals surface area (Å²) in [5.41, 5.74) is 0. The van der Waals surface area contributed by atoms with E-state index in [0.29, 0.717) is 0 Å². The smallest absolute Gasteiger partial charge is 0.205 e. The number of nitrogens with one attached hydrogen (secondary N) is 1. The van der Waals surface area contributed by atoms with E-state index < -0.39 is 0 Å². The van der Waals surface area contributed by atoms with Gasteiger partial charge in [0.1, 0.15) is 10.0 Å². The molecule has 0 bridgehead atoms. The molecule has 0 atom stereocenters. The van der Waals surface area contributed by atoms with E-state index >= 15 is 0 Å². The Morgan fingerprint density at radius 3 is 3.00 bits per heavy atom. The minimum absolute atomic E-state index is 0.776. The van der Waals surface area contributed by atoms with Crippen molar-refractivity contribution >= 4 is 28.2 Å². The lowest BCUT2D eigenvalue weighted by molar-refractivity contribution is 1.03. The largest absolute Gasteiger partial charge is 0.363 e. The van der Waals surface area contributed by atoms with Crippen molar-refractivity contribution in [2.45, 2.75) is 10.8 Å². The lowest BCUT2D eigenvalue weighted by Gasteiger charge is -1.94. The van der Waals surface area contributed by atoms with Gasteiger partial charge in [-0.2, -0.15) is 0 Å². The summed E-state index contributed by atoms with van der Waals surface area (Å²) in [4.78, 5) is 8.15. The molecule has 0 aliphatic carbocycles. The average Bonchev–Trinajstić information content (AvgIpc) is 2.76. The lowest BCUT2D eigenvalue weighted by Crippen LogP contribution is -1.84. The number of hydrogen-bond donors (Lipinski definition) is 1. The van der Waals surface area contributed by atoms with Crippen molar-refractivity contribution in [3.8, 4) is 0 Å². The first kappa shape index (κ1) is 10.3. The molecule has 78 valence electrons. The van der Waals surface area contributed by atoms with Gasteiger partial charge in [0.2, 0.25) is 5.13 Å². The second-order valence-corrected chi connectivity index (χ2v) is 4.64. The molecule has 0 fully saturated rings. The monoisotopic (exact) mass is 239 g/mol. The fourth-order valence-electron chi connectivity index (χ4n) is 0.909. The van der Waals surface area contributed by atoms with Crippen LogP contribution in [0, 0.1) is 0 Å². The summed E-state index contributed by atoms with van der Waals surface area (Å²) in [6.45, 7) is 0. The van der Waals surface area contributed by atoms with Gasteiger partial charge in [-0.25, -0.2) is 4.98 Å². The highest BCUT2D eigenvalue weighted by Crippen LogP contribution is 2.23. The maximum Gasteiger partial charge on any atom is 0.205 e. The van der Waals surface area contributed by atoms with Crippen LogP contribution in [-0.2, 0) is 5.75 Å². The van der Waals surface area contributed by atoms with Crippen LogP contribution in [0.2, 0.25) is 0 Å². The molecule has 2 aromatic rings. The Kier molecular flexibility index (Phi) is 3.46. The van der Waals surface area contributed by atoms with Gasteiger partial charge in [-0.05, 0) is 0 Å². The average molecular weight is 239 g/mol. The molecule has 0 unspecified atom stereocenters. The predicted molar refractivity (Wildman–Crippen MR) is 61.0 cm³/mol. The second-order valence-electron chi connectivity index (χ2n) is 2.58. The fourth-order valence-corrected chi connectivity index (χ4v) is 2.41. The summed E-state index contributed by atoms with van der Waals surface area (Å²) >= 11 is 3.15. The highest BCUT2D eigenvalue weighted by molar-refractivity contribution is 7.98. The number of aromatic nitrogens is 4. The van der Waals surface area contributed by atoms with Crippen LogP contribution in [0.15, 0.2) is 23.6 Å². The Morgan fingerprint density at radius 2 is 2.33 bits per heavy atom. The third kappa shape index (κ3) is 2.87. The minimum atomic E-state index is 0.776. The molecule has 0 amide bonds. The molecule has 2 heterocycles. The van der Waals surface area contributed by atoms with Crippen molar-refractivity contribution in [2.75, 3.05) is 12.4 Å². The van der Waals surface area contributed by atoms with Gasteiger partial charge in [-0.15, -0.1) is 10.2 Å². The van der Waals surface area contributed by atoms with E-state index in [1.807, 2.05) is 7.05 Å². The number of anilines is 1. The number of rotatable bonds is 4. The molecule has 5 nitrogen and oxygen atoms in total. The number of nitrogens with zero attached hydrogens (tertiary/aromatic N) is 4. The maximum absolute atomic E-state index is 4.16. The molecule has 0 spiro atoms. The molecular formula is C8H9N5S2. The van der Waals surface area contributed by atoms with Gasteiger partial charge in [0.25, 0.3) is 0 Å². The number of thioether (sulfide) groups is 1. The van der Waals surface area contributed by atoms with E-state index in [1.54, 1.807) is 41.7 Å². The molecule has 2 aromatic heterocycles. The van der Waals surface area contributed by atoms with Gasteiger partial charge in [0.05, 0.1) is 11.9 Å². The first-order valence-electron chi connectivity index (χ1n) is 4.27. The zero-order chi connectivity index (χ0) is 10.5. The highest BCUT2D eigenvalue weighted by atomic mass is 32.2. The van der Waals surface area contributed by atoms with Crippen molar-refractivity contribution in [2.24, 2.45) is 0 Å². The van der Waals surface area contributed by atoms with Gasteiger partial charge < -0.3 is 5.32 Å². The topological polar surface area (TPSA) is 63.6 Å². The Hall–Kier alpha value is -1.21. The maximum atomic E-state index is 4.16. The van der Waals surface area contributed by atoms with Crippen LogP contribution in [0.25, 0.3) is 0 Å². The Morgan fingerprint density at radius 1 is 1.40 bits per heavy atom. The van der Waals surface area contributed by atoms with Crippen LogP contribution in [0.4, 0.5) is 5.13 Å². The van der Waals surface area contributed by atoms with Gasteiger partial charge >= 0.3 is 0 Å². The first-order chi connectivity index (χ1) is 7.38. The summed E-state index contributed by atoms with van der Waals surface area (Å²) in [5, 5.41) is 13.7. The Balaban J connectivity index is 1.93. The fraction of sp³-hybridized carbons (Fsp3) is 0.250. The lowest BCUT2D eigenvalue weighted by atomic mass is 10.8. The summed E-state index contributed by atoms with van der Waals surface area (Å²) in [6, 6.07) is 0. The molecule has 0 radical (unpaired) electrons. The van der Waals surface area contributed by atoms with Crippen molar-refractivity contribution in [1.29, 1.82) is 0 Å².